The summed E-state index contributed by atoms with van der Waals surface area (Å²) in [6, 6.07) is 1.38. The summed E-state index contributed by atoms with van der Waals surface area (Å²) in [5.74, 6) is 0.525. The highest BCUT2D eigenvalue weighted by Crippen LogP contribution is 2.30. The predicted octanol–water partition coefficient (Wildman–Crippen LogP) is 3.04. The molecule has 1 aromatic carbocycles. The number of rotatable bonds is 4. The first-order valence-electron chi connectivity index (χ1n) is 5.53. The van der Waals surface area contributed by atoms with Gasteiger partial charge in [-0.3, -0.25) is 10.1 Å². The molecule has 1 aliphatic rings. The smallest absolute Gasteiger partial charge is 0.298 e. The molecule has 18 heavy (non-hydrogen) atoms. The van der Waals surface area contributed by atoms with Gasteiger partial charge in [0.25, 0.3) is 5.69 Å². The second-order valence-corrected chi connectivity index (χ2v) is 5.30. The average molecular weight is 274 g/mol. The molecule has 1 atom stereocenters. The van der Waals surface area contributed by atoms with Gasteiger partial charge < -0.3 is 5.32 Å². The van der Waals surface area contributed by atoms with Gasteiger partial charge in [-0.25, -0.2) is 8.78 Å². The van der Waals surface area contributed by atoms with Gasteiger partial charge in [-0.15, -0.1) is 0 Å². The maximum absolute atomic E-state index is 13.5. The average Bonchev–Trinajstić information content (AvgIpc) is 2.79. The normalized spacial score (nSPS) is 18.9. The van der Waals surface area contributed by atoms with Gasteiger partial charge in [0.15, 0.2) is 5.82 Å². The van der Waals surface area contributed by atoms with E-state index in [0.717, 1.165) is 24.0 Å². The monoisotopic (exact) mass is 274 g/mol. The van der Waals surface area contributed by atoms with Gasteiger partial charge >= 0.3 is 0 Å². The van der Waals surface area contributed by atoms with Crippen LogP contribution in [0.4, 0.5) is 20.2 Å². The molecule has 1 saturated heterocycles. The van der Waals surface area contributed by atoms with Gasteiger partial charge in [-0.05, 0) is 23.8 Å². The number of benzene rings is 1. The molecular formula is C11H12F2N2O2S. The van der Waals surface area contributed by atoms with Gasteiger partial charge in [0, 0.05) is 12.6 Å². The first-order chi connectivity index (χ1) is 8.58. The fraction of sp³-hybridized carbons (Fsp3) is 0.455. The molecule has 0 amide bonds. The predicted molar refractivity (Wildman–Crippen MR) is 66.9 cm³/mol. The maximum atomic E-state index is 13.5. The van der Waals surface area contributed by atoms with Crippen molar-refractivity contribution in [1.29, 1.82) is 0 Å². The van der Waals surface area contributed by atoms with E-state index in [2.05, 4.69) is 5.32 Å². The molecule has 1 heterocycles. The molecule has 0 aromatic heterocycles. The van der Waals surface area contributed by atoms with Crippen molar-refractivity contribution in [2.24, 2.45) is 5.92 Å². The van der Waals surface area contributed by atoms with E-state index in [0.29, 0.717) is 18.5 Å². The van der Waals surface area contributed by atoms with Crippen LogP contribution >= 0.6 is 11.8 Å². The Kier molecular flexibility index (Phi) is 4.00. The van der Waals surface area contributed by atoms with Crippen molar-refractivity contribution >= 4 is 23.1 Å². The van der Waals surface area contributed by atoms with Crippen molar-refractivity contribution in [2.75, 3.05) is 23.4 Å². The van der Waals surface area contributed by atoms with Crippen LogP contribution in [0.1, 0.15) is 6.42 Å². The molecule has 0 saturated carbocycles. The highest BCUT2D eigenvalue weighted by atomic mass is 32.2. The number of nitrogens with zero attached hydrogens (tertiary/aromatic N) is 1. The highest BCUT2D eigenvalue weighted by molar-refractivity contribution is 7.99. The van der Waals surface area contributed by atoms with Crippen LogP contribution in [0.25, 0.3) is 0 Å². The summed E-state index contributed by atoms with van der Waals surface area (Å²) in [5, 5.41) is 13.5. The van der Waals surface area contributed by atoms with Gasteiger partial charge in [0.1, 0.15) is 11.5 Å². The lowest BCUT2D eigenvalue weighted by atomic mass is 10.1. The summed E-state index contributed by atoms with van der Waals surface area (Å²) >= 11 is 1.81. The first kappa shape index (κ1) is 13.1. The lowest BCUT2D eigenvalue weighted by Gasteiger charge is -2.12. The summed E-state index contributed by atoms with van der Waals surface area (Å²) in [7, 11) is 0. The standard InChI is InChI=1S/C11H12F2N2O2S/c12-8-3-9(13)11(10(4-8)15(16)17)14-5-7-1-2-18-6-7/h3-4,7,14H,1-2,5-6H2. The van der Waals surface area contributed by atoms with Crippen molar-refractivity contribution in [2.45, 2.75) is 6.42 Å². The van der Waals surface area contributed by atoms with E-state index in [1.807, 2.05) is 0 Å². The fourth-order valence-corrected chi connectivity index (χ4v) is 3.15. The highest BCUT2D eigenvalue weighted by Gasteiger charge is 2.22. The van der Waals surface area contributed by atoms with E-state index < -0.39 is 22.2 Å². The molecule has 0 spiro atoms. The van der Waals surface area contributed by atoms with Crippen LogP contribution in [0.15, 0.2) is 12.1 Å². The Morgan fingerprint density at radius 2 is 2.28 bits per heavy atom. The van der Waals surface area contributed by atoms with Gasteiger partial charge in [-0.2, -0.15) is 11.8 Å². The number of hydrogen-bond acceptors (Lipinski definition) is 4. The van der Waals surface area contributed by atoms with E-state index >= 15 is 0 Å². The third-order valence-electron chi connectivity index (χ3n) is 2.82. The van der Waals surface area contributed by atoms with Crippen molar-refractivity contribution < 1.29 is 13.7 Å². The van der Waals surface area contributed by atoms with Crippen LogP contribution in [0, 0.1) is 27.7 Å². The van der Waals surface area contributed by atoms with Crippen molar-refractivity contribution in [3.63, 3.8) is 0 Å². The number of anilines is 1. The molecule has 0 bridgehead atoms. The topological polar surface area (TPSA) is 55.2 Å². The summed E-state index contributed by atoms with van der Waals surface area (Å²) in [5.41, 5.74) is -0.781. The van der Waals surface area contributed by atoms with Crippen molar-refractivity contribution in [3.8, 4) is 0 Å². The molecule has 1 unspecified atom stereocenters. The van der Waals surface area contributed by atoms with Crippen LogP contribution in [-0.2, 0) is 0 Å². The molecule has 0 radical (unpaired) electrons. The number of thioether (sulfide) groups is 1. The molecular weight excluding hydrogens is 262 g/mol. The van der Waals surface area contributed by atoms with E-state index in [-0.39, 0.29) is 5.69 Å². The first-order valence-corrected chi connectivity index (χ1v) is 6.68. The molecule has 1 aromatic rings. The van der Waals surface area contributed by atoms with E-state index in [1.165, 1.54) is 0 Å². The van der Waals surface area contributed by atoms with Crippen LogP contribution in [0.5, 0.6) is 0 Å². The molecule has 1 aliphatic heterocycles. The SMILES string of the molecule is O=[N+]([O-])c1cc(F)cc(F)c1NCC1CCSC1. The summed E-state index contributed by atoms with van der Waals surface area (Å²) < 4.78 is 26.5. The fourth-order valence-electron chi connectivity index (χ4n) is 1.87. The minimum Gasteiger partial charge on any atom is -0.377 e. The van der Waals surface area contributed by atoms with Crippen molar-refractivity contribution in [1.82, 2.24) is 0 Å². The zero-order valence-electron chi connectivity index (χ0n) is 9.49. The molecule has 7 heteroatoms. The molecule has 0 aliphatic carbocycles. The zero-order valence-corrected chi connectivity index (χ0v) is 10.3. The summed E-state index contributed by atoms with van der Waals surface area (Å²) in [4.78, 5) is 9.97. The third-order valence-corrected chi connectivity index (χ3v) is 4.05. The lowest BCUT2D eigenvalue weighted by molar-refractivity contribution is -0.384. The number of hydrogen-bond donors (Lipinski definition) is 1. The number of nitro benzene ring substituents is 1. The van der Waals surface area contributed by atoms with Gasteiger partial charge in [0.05, 0.1) is 11.0 Å². The third kappa shape index (κ3) is 2.90. The van der Waals surface area contributed by atoms with Crippen LogP contribution in [0.3, 0.4) is 0 Å². The van der Waals surface area contributed by atoms with Gasteiger partial charge in [0.2, 0.25) is 0 Å². The largest absolute Gasteiger partial charge is 0.377 e. The maximum Gasteiger partial charge on any atom is 0.298 e. The Morgan fingerprint density at radius 3 is 2.89 bits per heavy atom. The Bertz CT molecular complexity index is 465. The lowest BCUT2D eigenvalue weighted by Crippen LogP contribution is -2.15. The molecule has 1 fully saturated rings. The Balaban J connectivity index is 2.17. The minimum atomic E-state index is -0.943. The Morgan fingerprint density at radius 1 is 1.50 bits per heavy atom. The van der Waals surface area contributed by atoms with Crippen LogP contribution < -0.4 is 5.32 Å². The summed E-state index contributed by atoms with van der Waals surface area (Å²) in [6.45, 7) is 0.469. The molecule has 98 valence electrons. The van der Waals surface area contributed by atoms with E-state index in [1.54, 1.807) is 11.8 Å². The number of nitrogens with one attached hydrogen (secondary N) is 1. The van der Waals surface area contributed by atoms with E-state index in [9.17, 15) is 18.9 Å². The zero-order chi connectivity index (χ0) is 13.1. The molecule has 4 nitrogen and oxygen atoms in total. The quantitative estimate of drug-likeness (QED) is 0.677. The second-order valence-electron chi connectivity index (χ2n) is 4.15. The Labute approximate surface area is 107 Å². The molecule has 1 N–H and O–H groups in total. The number of nitro groups is 1. The van der Waals surface area contributed by atoms with E-state index in [4.69, 9.17) is 0 Å². The minimum absolute atomic E-state index is 0.224. The van der Waals surface area contributed by atoms with Gasteiger partial charge in [-0.1, -0.05) is 0 Å². The Hall–Kier alpha value is -1.37. The summed E-state index contributed by atoms with van der Waals surface area (Å²) in [6.07, 6.45) is 1.01. The van der Waals surface area contributed by atoms with Crippen LogP contribution in [0.2, 0.25) is 0 Å². The second kappa shape index (κ2) is 5.51. The molecule has 2 rings (SSSR count). The van der Waals surface area contributed by atoms with Crippen LogP contribution in [-0.4, -0.2) is 23.0 Å². The van der Waals surface area contributed by atoms with Crippen molar-refractivity contribution in [3.05, 3.63) is 33.9 Å². The number of halogens is 2.